The second-order valence-electron chi connectivity index (χ2n) is 7.13. The van der Waals surface area contributed by atoms with Gasteiger partial charge in [-0.3, -0.25) is 4.79 Å². The van der Waals surface area contributed by atoms with Gasteiger partial charge in [0.15, 0.2) is 15.0 Å². The van der Waals surface area contributed by atoms with Crippen LogP contribution in [0.15, 0.2) is 5.16 Å². The lowest BCUT2D eigenvalue weighted by molar-refractivity contribution is -0.128. The highest BCUT2D eigenvalue weighted by molar-refractivity contribution is 7.99. The third kappa shape index (κ3) is 3.79. The molecule has 10 heteroatoms. The van der Waals surface area contributed by atoms with Crippen molar-refractivity contribution in [2.75, 3.05) is 30.0 Å². The molecule has 1 amide bonds. The van der Waals surface area contributed by atoms with Crippen molar-refractivity contribution in [2.24, 2.45) is 0 Å². The molecule has 3 heterocycles. The minimum Gasteiger partial charge on any atom is -0.383 e. The van der Waals surface area contributed by atoms with Gasteiger partial charge in [-0.05, 0) is 37.7 Å². The number of rotatable bonds is 4. The number of aryl methyl sites for hydroxylation is 2. The van der Waals surface area contributed by atoms with Gasteiger partial charge in [0.1, 0.15) is 10.6 Å². The molecule has 1 aliphatic heterocycles. The summed E-state index contributed by atoms with van der Waals surface area (Å²) in [7, 11) is -1.35. The van der Waals surface area contributed by atoms with E-state index in [-0.39, 0.29) is 29.2 Å². The van der Waals surface area contributed by atoms with Crippen LogP contribution in [0.2, 0.25) is 0 Å². The van der Waals surface area contributed by atoms with Crippen LogP contribution in [0.5, 0.6) is 0 Å². The molecule has 1 saturated heterocycles. The number of carbonyl (C=O) groups is 1. The molecular formula is C17H22N4O3S3. The van der Waals surface area contributed by atoms with E-state index in [4.69, 9.17) is 5.73 Å². The standard InChI is InChI=1S/C17H22N4O3S3/c1-21(10-6-7-27(23,24)9-10)13(22)8-25-17-19-15(18)14-11-4-2-3-5-12(11)26-16(14)20-17/h10H,2-9H2,1H3,(H2,18,19,20). The largest absolute Gasteiger partial charge is 0.383 e. The van der Waals surface area contributed by atoms with E-state index in [0.717, 1.165) is 23.1 Å². The van der Waals surface area contributed by atoms with Crippen LogP contribution in [-0.4, -0.2) is 59.5 Å². The zero-order valence-electron chi connectivity index (χ0n) is 15.1. The molecule has 1 atom stereocenters. The molecule has 27 heavy (non-hydrogen) atoms. The quantitative estimate of drug-likeness (QED) is 0.588. The lowest BCUT2D eigenvalue weighted by atomic mass is 9.97. The summed E-state index contributed by atoms with van der Waals surface area (Å²) in [5, 5.41) is 1.48. The predicted molar refractivity (Wildman–Crippen MR) is 109 cm³/mol. The van der Waals surface area contributed by atoms with Gasteiger partial charge >= 0.3 is 0 Å². The van der Waals surface area contributed by atoms with E-state index in [0.29, 0.717) is 17.4 Å². The predicted octanol–water partition coefficient (Wildman–Crippen LogP) is 1.89. The highest BCUT2D eigenvalue weighted by atomic mass is 32.2. The Balaban J connectivity index is 1.46. The summed E-state index contributed by atoms with van der Waals surface area (Å²) in [6.45, 7) is 0. The first-order valence-electron chi connectivity index (χ1n) is 9.01. The van der Waals surface area contributed by atoms with Crippen LogP contribution < -0.4 is 5.73 Å². The SMILES string of the molecule is CN(C(=O)CSc1nc(N)c2c3c(sc2n1)CCCC3)C1CCS(=O)(=O)C1. The lowest BCUT2D eigenvalue weighted by Crippen LogP contribution is -2.38. The molecule has 0 aromatic carbocycles. The maximum Gasteiger partial charge on any atom is 0.233 e. The molecule has 146 valence electrons. The Morgan fingerprint density at radius 1 is 1.33 bits per heavy atom. The van der Waals surface area contributed by atoms with Crippen molar-refractivity contribution in [2.45, 2.75) is 43.3 Å². The summed E-state index contributed by atoms with van der Waals surface area (Å²) in [6, 6.07) is -0.236. The van der Waals surface area contributed by atoms with E-state index in [2.05, 4.69) is 9.97 Å². The van der Waals surface area contributed by atoms with E-state index in [1.54, 1.807) is 23.3 Å². The average Bonchev–Trinajstić information content (AvgIpc) is 3.18. The van der Waals surface area contributed by atoms with Crippen LogP contribution in [0, 0.1) is 0 Å². The van der Waals surface area contributed by atoms with E-state index in [9.17, 15) is 13.2 Å². The minimum atomic E-state index is -3.01. The normalized spacial score (nSPS) is 21.3. The number of nitrogens with zero attached hydrogens (tertiary/aromatic N) is 3. The molecular weight excluding hydrogens is 404 g/mol. The highest BCUT2D eigenvalue weighted by Gasteiger charge is 2.32. The van der Waals surface area contributed by atoms with Gasteiger partial charge in [0.2, 0.25) is 5.91 Å². The zero-order valence-corrected chi connectivity index (χ0v) is 17.6. The van der Waals surface area contributed by atoms with Crippen LogP contribution in [0.4, 0.5) is 5.82 Å². The molecule has 7 nitrogen and oxygen atoms in total. The first kappa shape index (κ1) is 18.9. The smallest absolute Gasteiger partial charge is 0.233 e. The first-order chi connectivity index (χ1) is 12.8. The number of sulfone groups is 1. The number of fused-ring (bicyclic) bond motifs is 3. The van der Waals surface area contributed by atoms with Crippen molar-refractivity contribution in [3.05, 3.63) is 10.4 Å². The van der Waals surface area contributed by atoms with Crippen LogP contribution in [0.25, 0.3) is 10.2 Å². The highest BCUT2D eigenvalue weighted by Crippen LogP contribution is 2.38. The lowest BCUT2D eigenvalue weighted by Gasteiger charge is -2.23. The second-order valence-corrected chi connectivity index (χ2v) is 11.4. The molecule has 0 bridgehead atoms. The van der Waals surface area contributed by atoms with Crippen molar-refractivity contribution in [1.29, 1.82) is 0 Å². The number of aromatic nitrogens is 2. The van der Waals surface area contributed by atoms with E-state index in [1.165, 1.54) is 35.0 Å². The van der Waals surface area contributed by atoms with Gasteiger partial charge in [0.05, 0.1) is 22.6 Å². The van der Waals surface area contributed by atoms with Crippen LogP contribution in [0.1, 0.15) is 29.7 Å². The topological polar surface area (TPSA) is 106 Å². The van der Waals surface area contributed by atoms with Crippen LogP contribution >= 0.6 is 23.1 Å². The number of amides is 1. The third-order valence-corrected chi connectivity index (χ3v) is 9.06. The van der Waals surface area contributed by atoms with E-state index in [1.807, 2.05) is 0 Å². The van der Waals surface area contributed by atoms with E-state index >= 15 is 0 Å². The van der Waals surface area contributed by atoms with Crippen LogP contribution in [-0.2, 0) is 27.5 Å². The average molecular weight is 427 g/mol. The Morgan fingerprint density at radius 2 is 2.11 bits per heavy atom. The summed E-state index contributed by atoms with van der Waals surface area (Å²) in [5.41, 5.74) is 7.50. The van der Waals surface area contributed by atoms with Gasteiger partial charge in [-0.25, -0.2) is 18.4 Å². The fourth-order valence-electron chi connectivity index (χ4n) is 3.74. The van der Waals surface area contributed by atoms with Gasteiger partial charge in [0, 0.05) is 18.0 Å². The summed E-state index contributed by atoms with van der Waals surface area (Å²) in [4.78, 5) is 25.3. The van der Waals surface area contributed by atoms with Crippen LogP contribution in [0.3, 0.4) is 0 Å². The summed E-state index contributed by atoms with van der Waals surface area (Å²) < 4.78 is 23.2. The first-order valence-corrected chi connectivity index (χ1v) is 12.6. The molecule has 0 spiro atoms. The van der Waals surface area contributed by atoms with Gasteiger partial charge < -0.3 is 10.6 Å². The molecule has 0 radical (unpaired) electrons. The summed E-state index contributed by atoms with van der Waals surface area (Å²) >= 11 is 2.94. The summed E-state index contributed by atoms with van der Waals surface area (Å²) in [5.74, 6) is 0.750. The Hall–Kier alpha value is -1.39. The number of carbonyl (C=O) groups excluding carboxylic acids is 1. The molecule has 0 saturated carbocycles. The molecule has 2 aromatic rings. The van der Waals surface area contributed by atoms with Gasteiger partial charge in [-0.2, -0.15) is 0 Å². The van der Waals surface area contributed by atoms with Crippen molar-refractivity contribution < 1.29 is 13.2 Å². The van der Waals surface area contributed by atoms with Crippen molar-refractivity contribution in [3.63, 3.8) is 0 Å². The maximum absolute atomic E-state index is 12.4. The number of hydrogen-bond acceptors (Lipinski definition) is 8. The Morgan fingerprint density at radius 3 is 2.85 bits per heavy atom. The molecule has 2 aromatic heterocycles. The number of anilines is 1. The molecule has 1 aliphatic carbocycles. The van der Waals surface area contributed by atoms with Gasteiger partial charge in [0.25, 0.3) is 0 Å². The van der Waals surface area contributed by atoms with E-state index < -0.39 is 9.84 Å². The molecule has 1 fully saturated rings. The zero-order chi connectivity index (χ0) is 19.2. The number of nitrogen functional groups attached to an aromatic ring is 1. The Bertz CT molecular complexity index is 1000. The van der Waals surface area contributed by atoms with Crippen molar-refractivity contribution in [3.8, 4) is 0 Å². The summed E-state index contributed by atoms with van der Waals surface area (Å²) in [6.07, 6.45) is 4.99. The van der Waals surface area contributed by atoms with Crippen molar-refractivity contribution in [1.82, 2.24) is 14.9 Å². The molecule has 1 unspecified atom stereocenters. The van der Waals surface area contributed by atoms with Gasteiger partial charge in [-0.15, -0.1) is 11.3 Å². The minimum absolute atomic E-state index is 0.0516. The monoisotopic (exact) mass is 426 g/mol. The third-order valence-electron chi connectivity index (χ3n) is 5.30. The number of thiophene rings is 1. The molecule has 2 aliphatic rings. The molecule has 4 rings (SSSR count). The Labute approximate surface area is 166 Å². The number of thioether (sulfide) groups is 1. The van der Waals surface area contributed by atoms with Gasteiger partial charge in [-0.1, -0.05) is 11.8 Å². The fourth-order valence-corrected chi connectivity index (χ4v) is 7.62. The number of hydrogen-bond donors (Lipinski definition) is 1. The van der Waals surface area contributed by atoms with Crippen molar-refractivity contribution >= 4 is 54.9 Å². The Kier molecular flexibility index (Phi) is 5.06. The second kappa shape index (κ2) is 7.21. The molecule has 2 N–H and O–H groups in total. The maximum atomic E-state index is 12.4. The fraction of sp³-hybridized carbons (Fsp3) is 0.588. The number of nitrogens with two attached hydrogens (primary N) is 1.